The smallest absolute Gasteiger partial charge is 0.320 e. The molecule has 0 heterocycles. The van der Waals surface area contributed by atoms with Gasteiger partial charge in [0.2, 0.25) is 0 Å². The summed E-state index contributed by atoms with van der Waals surface area (Å²) in [6, 6.07) is 0. The van der Waals surface area contributed by atoms with E-state index in [9.17, 15) is 4.79 Å². The molecular weight excluding hydrogens is 636 g/mol. The summed E-state index contributed by atoms with van der Waals surface area (Å²) in [6.07, 6.45) is 44.0. The molecule has 0 aromatic carbocycles. The van der Waals surface area contributed by atoms with E-state index in [4.69, 9.17) is 16.3 Å². The number of rotatable bonds is 43. The van der Waals surface area contributed by atoms with Crippen molar-refractivity contribution in [3.63, 3.8) is 0 Å². The molecule has 0 fully saturated rings. The zero-order valence-electron chi connectivity index (χ0n) is 34.6. The molecule has 0 radical (unpaired) electrons. The van der Waals surface area contributed by atoms with E-state index in [1.165, 1.54) is 219 Å². The standard InChI is InChI=1S/C45H91ClN2O2/c1-4-7-10-13-16-19-20-24-27-32-38-47(42-37-46)39-33-28-25-21-26-31-36-43-50-45(49)44-48(40-34-29-22-17-14-11-8-5-2)41-35-30-23-18-15-12-9-6-3/h4-44H2,1-3H3. The third kappa shape index (κ3) is 38.9. The number of carbonyl (C=O) groups is 1. The van der Waals surface area contributed by atoms with E-state index in [0.717, 1.165) is 31.9 Å². The maximum atomic E-state index is 12.7. The fourth-order valence-corrected chi connectivity index (χ4v) is 7.46. The van der Waals surface area contributed by atoms with Gasteiger partial charge >= 0.3 is 5.97 Å². The van der Waals surface area contributed by atoms with Gasteiger partial charge in [0.1, 0.15) is 0 Å². The minimum absolute atomic E-state index is 0.0107. The van der Waals surface area contributed by atoms with Crippen molar-refractivity contribution < 1.29 is 9.53 Å². The van der Waals surface area contributed by atoms with Gasteiger partial charge in [-0.1, -0.05) is 201 Å². The zero-order valence-corrected chi connectivity index (χ0v) is 35.3. The summed E-state index contributed by atoms with van der Waals surface area (Å²) in [5.41, 5.74) is 0. The molecule has 0 saturated carbocycles. The van der Waals surface area contributed by atoms with Crippen LogP contribution in [0.3, 0.4) is 0 Å². The molecule has 50 heavy (non-hydrogen) atoms. The summed E-state index contributed by atoms with van der Waals surface area (Å²) in [5, 5.41) is 0. The van der Waals surface area contributed by atoms with Gasteiger partial charge in [-0.2, -0.15) is 0 Å². The molecule has 4 nitrogen and oxygen atoms in total. The summed E-state index contributed by atoms with van der Waals surface area (Å²) < 4.78 is 5.71. The molecule has 0 atom stereocenters. The van der Waals surface area contributed by atoms with E-state index in [1.54, 1.807) is 0 Å². The first kappa shape index (κ1) is 49.7. The first-order chi connectivity index (χ1) is 24.7. The maximum Gasteiger partial charge on any atom is 0.320 e. The second-order valence-electron chi connectivity index (χ2n) is 15.6. The van der Waals surface area contributed by atoms with Gasteiger partial charge in [0.15, 0.2) is 0 Å². The van der Waals surface area contributed by atoms with Gasteiger partial charge in [0.25, 0.3) is 0 Å². The number of hydrogen-bond acceptors (Lipinski definition) is 4. The van der Waals surface area contributed by atoms with Crippen LogP contribution >= 0.6 is 11.6 Å². The van der Waals surface area contributed by atoms with Crippen LogP contribution in [0.5, 0.6) is 0 Å². The van der Waals surface area contributed by atoms with Crippen molar-refractivity contribution in [3.8, 4) is 0 Å². The van der Waals surface area contributed by atoms with Crippen LogP contribution in [0.2, 0.25) is 0 Å². The van der Waals surface area contributed by atoms with Crippen LogP contribution in [0.25, 0.3) is 0 Å². The van der Waals surface area contributed by atoms with Crippen molar-refractivity contribution in [3.05, 3.63) is 0 Å². The van der Waals surface area contributed by atoms with Gasteiger partial charge in [-0.25, -0.2) is 0 Å². The highest BCUT2D eigenvalue weighted by atomic mass is 35.5. The number of ether oxygens (including phenoxy) is 1. The summed E-state index contributed by atoms with van der Waals surface area (Å²) in [7, 11) is 0. The van der Waals surface area contributed by atoms with Crippen LogP contribution in [0.4, 0.5) is 0 Å². The predicted molar refractivity (Wildman–Crippen MR) is 224 cm³/mol. The molecule has 0 aliphatic carbocycles. The number of nitrogens with zero attached hydrogens (tertiary/aromatic N) is 2. The number of esters is 1. The highest BCUT2D eigenvalue weighted by Crippen LogP contribution is 2.14. The number of unbranched alkanes of at least 4 members (excludes halogenated alkanes) is 29. The molecule has 5 heteroatoms. The summed E-state index contributed by atoms with van der Waals surface area (Å²) >= 11 is 6.12. The van der Waals surface area contributed by atoms with Gasteiger partial charge in [-0.15, -0.1) is 11.6 Å². The average molecular weight is 728 g/mol. The van der Waals surface area contributed by atoms with E-state index >= 15 is 0 Å². The monoisotopic (exact) mass is 727 g/mol. The average Bonchev–Trinajstić information content (AvgIpc) is 3.11. The third-order valence-corrected chi connectivity index (χ3v) is 10.8. The maximum absolute atomic E-state index is 12.7. The van der Waals surface area contributed by atoms with Crippen LogP contribution in [-0.4, -0.2) is 67.5 Å². The van der Waals surface area contributed by atoms with Gasteiger partial charge in [0.05, 0.1) is 13.2 Å². The Morgan fingerprint density at radius 1 is 0.380 bits per heavy atom. The Hall–Kier alpha value is -0.320. The van der Waals surface area contributed by atoms with Crippen molar-refractivity contribution in [1.82, 2.24) is 9.80 Å². The van der Waals surface area contributed by atoms with Gasteiger partial charge in [-0.05, 0) is 58.3 Å². The van der Waals surface area contributed by atoms with Crippen molar-refractivity contribution in [2.24, 2.45) is 0 Å². The highest BCUT2D eigenvalue weighted by molar-refractivity contribution is 6.18. The summed E-state index contributed by atoms with van der Waals surface area (Å²) in [4.78, 5) is 17.7. The van der Waals surface area contributed by atoms with E-state index in [0.29, 0.717) is 13.2 Å². The largest absolute Gasteiger partial charge is 0.465 e. The van der Waals surface area contributed by atoms with Crippen molar-refractivity contribution in [2.45, 2.75) is 233 Å². The van der Waals surface area contributed by atoms with Crippen LogP contribution in [-0.2, 0) is 9.53 Å². The molecule has 0 bridgehead atoms. The molecule has 0 aliphatic heterocycles. The fraction of sp³-hybridized carbons (Fsp3) is 0.978. The van der Waals surface area contributed by atoms with Gasteiger partial charge in [0, 0.05) is 12.4 Å². The Labute approximate surface area is 320 Å². The number of alkyl halides is 1. The number of carbonyl (C=O) groups excluding carboxylic acids is 1. The van der Waals surface area contributed by atoms with Crippen molar-refractivity contribution >= 4 is 17.6 Å². The minimum Gasteiger partial charge on any atom is -0.465 e. The molecule has 0 saturated heterocycles. The van der Waals surface area contributed by atoms with Crippen molar-refractivity contribution in [2.75, 3.05) is 51.8 Å². The molecule has 0 amide bonds. The van der Waals surface area contributed by atoms with E-state index in [-0.39, 0.29) is 5.97 Å². The normalized spacial score (nSPS) is 11.7. The highest BCUT2D eigenvalue weighted by Gasteiger charge is 2.12. The van der Waals surface area contributed by atoms with E-state index in [2.05, 4.69) is 30.6 Å². The van der Waals surface area contributed by atoms with Crippen LogP contribution in [0.15, 0.2) is 0 Å². The zero-order chi connectivity index (χ0) is 36.4. The van der Waals surface area contributed by atoms with Crippen LogP contribution < -0.4 is 0 Å². The molecule has 0 unspecified atom stereocenters. The first-order valence-electron chi connectivity index (χ1n) is 22.8. The van der Waals surface area contributed by atoms with Gasteiger partial charge < -0.3 is 9.64 Å². The van der Waals surface area contributed by atoms with E-state index in [1.807, 2.05) is 0 Å². The topological polar surface area (TPSA) is 32.8 Å². The number of halogens is 1. The lowest BCUT2D eigenvalue weighted by molar-refractivity contribution is -0.145. The second-order valence-corrected chi connectivity index (χ2v) is 16.0. The molecule has 300 valence electrons. The van der Waals surface area contributed by atoms with Crippen LogP contribution in [0, 0.1) is 0 Å². The number of hydrogen-bond donors (Lipinski definition) is 0. The quantitative estimate of drug-likeness (QED) is 0.0356. The molecule has 0 N–H and O–H groups in total. The minimum atomic E-state index is -0.0107. The predicted octanol–water partition coefficient (Wildman–Crippen LogP) is 14.3. The lowest BCUT2D eigenvalue weighted by Crippen LogP contribution is -2.33. The van der Waals surface area contributed by atoms with Crippen molar-refractivity contribution in [1.29, 1.82) is 0 Å². The second kappa shape index (κ2) is 43.1. The molecule has 0 aromatic heterocycles. The lowest BCUT2D eigenvalue weighted by atomic mass is 10.1. The molecule has 0 spiro atoms. The Morgan fingerprint density at radius 3 is 0.980 bits per heavy atom. The summed E-state index contributed by atoms with van der Waals surface area (Å²) in [5.74, 6) is 0.738. The fourth-order valence-electron chi connectivity index (χ4n) is 7.22. The Morgan fingerprint density at radius 2 is 0.660 bits per heavy atom. The third-order valence-electron chi connectivity index (χ3n) is 10.6. The molecule has 0 aliphatic rings. The van der Waals surface area contributed by atoms with Gasteiger partial charge in [-0.3, -0.25) is 9.69 Å². The Balaban J connectivity index is 3.97. The first-order valence-corrected chi connectivity index (χ1v) is 23.4. The SMILES string of the molecule is CCCCCCCCCCCCN(CCCl)CCCCCCCCCOC(=O)CN(CCCCCCCCCC)CCCCCCCCCC. The lowest BCUT2D eigenvalue weighted by Gasteiger charge is -2.21. The Kier molecular flexibility index (Phi) is 42.8. The Bertz CT molecular complexity index is 629. The molecular formula is C45H91ClN2O2. The van der Waals surface area contributed by atoms with Crippen LogP contribution in [0.1, 0.15) is 233 Å². The molecule has 0 rings (SSSR count). The summed E-state index contributed by atoms with van der Waals surface area (Å²) in [6.45, 7) is 13.5. The molecule has 0 aromatic rings. The van der Waals surface area contributed by atoms with E-state index < -0.39 is 0 Å².